The van der Waals surface area contributed by atoms with E-state index in [1.807, 2.05) is 0 Å². The fourth-order valence-electron chi connectivity index (χ4n) is 2.90. The molecule has 0 bridgehead atoms. The van der Waals surface area contributed by atoms with Gasteiger partial charge in [0, 0.05) is 26.7 Å². The number of esters is 1. The quantitative estimate of drug-likeness (QED) is 0.524. The van der Waals surface area contributed by atoms with Crippen LogP contribution in [0.4, 0.5) is 0 Å². The molecule has 1 aliphatic rings. The van der Waals surface area contributed by atoms with Crippen molar-refractivity contribution < 1.29 is 9.53 Å². The van der Waals surface area contributed by atoms with Gasteiger partial charge in [-0.15, -0.1) is 0 Å². The summed E-state index contributed by atoms with van der Waals surface area (Å²) in [6.45, 7) is 4.63. The highest BCUT2D eigenvalue weighted by Gasteiger charge is 2.26. The van der Waals surface area contributed by atoms with E-state index in [9.17, 15) is 4.79 Å². The predicted molar refractivity (Wildman–Crippen MR) is 92.6 cm³/mol. The lowest BCUT2D eigenvalue weighted by Gasteiger charge is -2.33. The number of aliphatic imine (C=N–C) groups is 1. The summed E-state index contributed by atoms with van der Waals surface area (Å²) in [6, 6.07) is 8.62. The van der Waals surface area contributed by atoms with Crippen molar-refractivity contribution in [2.75, 3.05) is 33.8 Å². The highest BCUT2D eigenvalue weighted by atomic mass is 16.5. The fraction of sp³-hybridized carbons (Fsp3) is 0.556. The van der Waals surface area contributed by atoms with E-state index in [0.29, 0.717) is 0 Å². The molecule has 0 atom stereocenters. The first-order valence-corrected chi connectivity index (χ1v) is 8.23. The molecule has 1 heterocycles. The minimum atomic E-state index is -0.0908. The first-order chi connectivity index (χ1) is 11.1. The molecule has 1 aromatic carbocycles. The van der Waals surface area contributed by atoms with Gasteiger partial charge in [-0.1, -0.05) is 29.8 Å². The van der Waals surface area contributed by atoms with Crippen LogP contribution in [0.5, 0.6) is 0 Å². The summed E-state index contributed by atoms with van der Waals surface area (Å²) >= 11 is 0. The molecule has 0 unspecified atom stereocenters. The minimum absolute atomic E-state index is 0.0296. The summed E-state index contributed by atoms with van der Waals surface area (Å²) in [4.78, 5) is 18.2. The number of rotatable bonds is 4. The van der Waals surface area contributed by atoms with Gasteiger partial charge in [-0.05, 0) is 31.7 Å². The lowest BCUT2D eigenvalue weighted by atomic mass is 9.97. The number of nitrogens with zero attached hydrogens (tertiary/aromatic N) is 2. The first-order valence-electron chi connectivity index (χ1n) is 8.23. The van der Waals surface area contributed by atoms with Gasteiger partial charge in [0.1, 0.15) is 0 Å². The zero-order valence-corrected chi connectivity index (χ0v) is 14.3. The molecule has 0 aromatic heterocycles. The third-order valence-corrected chi connectivity index (χ3v) is 4.36. The second-order valence-electron chi connectivity index (χ2n) is 5.99. The molecule has 23 heavy (non-hydrogen) atoms. The van der Waals surface area contributed by atoms with E-state index in [2.05, 4.69) is 46.4 Å². The van der Waals surface area contributed by atoms with E-state index < -0.39 is 0 Å². The standard InChI is InChI=1S/C18H27N3O2/c1-14-4-6-15(7-5-14)8-11-20-18(19-2)21-12-9-16(10-13-21)17(22)23-3/h4-7,16H,8-13H2,1-3H3,(H,19,20). The molecule has 0 spiro atoms. The number of carbonyl (C=O) groups excluding carboxylic acids is 1. The number of hydrogen-bond donors (Lipinski definition) is 1. The molecule has 2 rings (SSSR count). The average molecular weight is 317 g/mol. The van der Waals surface area contributed by atoms with Crippen LogP contribution in [0.3, 0.4) is 0 Å². The number of nitrogens with one attached hydrogen (secondary N) is 1. The van der Waals surface area contributed by atoms with Crippen molar-refractivity contribution in [3.63, 3.8) is 0 Å². The summed E-state index contributed by atoms with van der Waals surface area (Å²) < 4.78 is 4.83. The molecular weight excluding hydrogens is 290 g/mol. The second-order valence-corrected chi connectivity index (χ2v) is 5.99. The smallest absolute Gasteiger partial charge is 0.308 e. The molecule has 1 aromatic rings. The zero-order chi connectivity index (χ0) is 16.7. The van der Waals surface area contributed by atoms with Crippen LogP contribution in [0.25, 0.3) is 0 Å². The van der Waals surface area contributed by atoms with Gasteiger partial charge in [0.25, 0.3) is 0 Å². The molecule has 1 N–H and O–H groups in total. The Balaban J connectivity index is 1.77. The molecule has 1 fully saturated rings. The van der Waals surface area contributed by atoms with Crippen LogP contribution in [-0.2, 0) is 16.0 Å². The number of ether oxygens (including phenoxy) is 1. The lowest BCUT2D eigenvalue weighted by Crippen LogP contribution is -2.47. The highest BCUT2D eigenvalue weighted by Crippen LogP contribution is 2.18. The van der Waals surface area contributed by atoms with Crippen LogP contribution in [-0.4, -0.2) is 50.6 Å². The van der Waals surface area contributed by atoms with Crippen LogP contribution in [0, 0.1) is 12.8 Å². The molecule has 1 saturated heterocycles. The highest BCUT2D eigenvalue weighted by molar-refractivity contribution is 5.80. The maximum atomic E-state index is 11.6. The number of guanidine groups is 1. The third kappa shape index (κ3) is 4.98. The number of hydrogen-bond acceptors (Lipinski definition) is 3. The Morgan fingerprint density at radius 2 is 1.96 bits per heavy atom. The number of methoxy groups -OCH3 is 1. The van der Waals surface area contributed by atoms with Gasteiger partial charge in [0.2, 0.25) is 0 Å². The van der Waals surface area contributed by atoms with E-state index in [-0.39, 0.29) is 11.9 Å². The van der Waals surface area contributed by atoms with E-state index in [0.717, 1.165) is 44.9 Å². The Bertz CT molecular complexity index is 532. The van der Waals surface area contributed by atoms with Gasteiger partial charge in [-0.3, -0.25) is 9.79 Å². The van der Waals surface area contributed by atoms with Gasteiger partial charge < -0.3 is 15.0 Å². The average Bonchev–Trinajstić information content (AvgIpc) is 2.60. The van der Waals surface area contributed by atoms with Crippen LogP contribution in [0.15, 0.2) is 29.3 Å². The summed E-state index contributed by atoms with van der Waals surface area (Å²) in [6.07, 6.45) is 2.62. The lowest BCUT2D eigenvalue weighted by molar-refractivity contribution is -0.146. The summed E-state index contributed by atoms with van der Waals surface area (Å²) in [5, 5.41) is 3.42. The molecule has 0 radical (unpaired) electrons. The molecular formula is C18H27N3O2. The second kappa shape index (κ2) is 8.56. The summed E-state index contributed by atoms with van der Waals surface area (Å²) in [7, 11) is 3.26. The molecule has 5 nitrogen and oxygen atoms in total. The summed E-state index contributed by atoms with van der Waals surface area (Å²) in [5.74, 6) is 0.856. The number of carbonyl (C=O) groups is 1. The van der Waals surface area contributed by atoms with Gasteiger partial charge >= 0.3 is 5.97 Å². The van der Waals surface area contributed by atoms with Crippen molar-refractivity contribution in [1.82, 2.24) is 10.2 Å². The van der Waals surface area contributed by atoms with Gasteiger partial charge in [0.05, 0.1) is 13.0 Å². The van der Waals surface area contributed by atoms with E-state index >= 15 is 0 Å². The maximum absolute atomic E-state index is 11.6. The normalized spacial score (nSPS) is 16.3. The zero-order valence-electron chi connectivity index (χ0n) is 14.3. The summed E-state index contributed by atoms with van der Waals surface area (Å²) in [5.41, 5.74) is 2.61. The topological polar surface area (TPSA) is 53.9 Å². The predicted octanol–water partition coefficient (Wildman–Crippen LogP) is 2.00. The third-order valence-electron chi connectivity index (χ3n) is 4.36. The maximum Gasteiger partial charge on any atom is 0.308 e. The van der Waals surface area contributed by atoms with Gasteiger partial charge in [0.15, 0.2) is 5.96 Å². The van der Waals surface area contributed by atoms with E-state index in [1.54, 1.807) is 7.05 Å². The van der Waals surface area contributed by atoms with Crippen molar-refractivity contribution >= 4 is 11.9 Å². The van der Waals surface area contributed by atoms with Crippen molar-refractivity contribution in [1.29, 1.82) is 0 Å². The molecule has 5 heteroatoms. The van der Waals surface area contributed by atoms with E-state index in [4.69, 9.17) is 4.74 Å². The Morgan fingerprint density at radius 3 is 2.52 bits per heavy atom. The molecule has 126 valence electrons. The fourth-order valence-corrected chi connectivity index (χ4v) is 2.90. The number of likely N-dealkylation sites (tertiary alicyclic amines) is 1. The Kier molecular flexibility index (Phi) is 6.44. The van der Waals surface area contributed by atoms with E-state index in [1.165, 1.54) is 18.2 Å². The van der Waals surface area contributed by atoms with Crippen molar-refractivity contribution in [2.24, 2.45) is 10.9 Å². The van der Waals surface area contributed by atoms with Crippen molar-refractivity contribution in [2.45, 2.75) is 26.2 Å². The van der Waals surface area contributed by atoms with Crippen LogP contribution in [0.1, 0.15) is 24.0 Å². The molecule has 0 saturated carbocycles. The molecule has 0 aliphatic carbocycles. The Labute approximate surface area is 138 Å². The Morgan fingerprint density at radius 1 is 1.30 bits per heavy atom. The molecule has 1 aliphatic heterocycles. The van der Waals surface area contributed by atoms with Crippen LogP contribution < -0.4 is 5.32 Å². The monoisotopic (exact) mass is 317 g/mol. The van der Waals surface area contributed by atoms with Crippen LogP contribution in [0.2, 0.25) is 0 Å². The number of aryl methyl sites for hydroxylation is 1. The minimum Gasteiger partial charge on any atom is -0.469 e. The number of benzene rings is 1. The molecule has 0 amide bonds. The SMILES string of the molecule is CN=C(NCCc1ccc(C)cc1)N1CCC(C(=O)OC)CC1. The first kappa shape index (κ1) is 17.3. The number of piperidine rings is 1. The van der Waals surface area contributed by atoms with Crippen molar-refractivity contribution in [3.8, 4) is 0 Å². The largest absolute Gasteiger partial charge is 0.469 e. The van der Waals surface area contributed by atoms with Crippen molar-refractivity contribution in [3.05, 3.63) is 35.4 Å². The van der Waals surface area contributed by atoms with Crippen LogP contribution >= 0.6 is 0 Å². The Hall–Kier alpha value is -2.04. The van der Waals surface area contributed by atoms with Gasteiger partial charge in [-0.25, -0.2) is 0 Å². The van der Waals surface area contributed by atoms with Gasteiger partial charge in [-0.2, -0.15) is 0 Å².